The molecule has 0 atom stereocenters. The normalized spacial score (nSPS) is 14.9. The maximum atomic E-state index is 4.91. The molecule has 0 unspecified atom stereocenters. The minimum atomic E-state index is 0.753. The summed E-state index contributed by atoms with van der Waals surface area (Å²) in [5, 5.41) is 4.73. The maximum absolute atomic E-state index is 4.91. The number of rotatable bonds is 9. The van der Waals surface area contributed by atoms with Gasteiger partial charge in [0, 0.05) is 30.9 Å². The predicted molar refractivity (Wildman–Crippen MR) is 84.3 cm³/mol. The van der Waals surface area contributed by atoms with Crippen molar-refractivity contribution in [1.29, 1.82) is 0 Å². The Balaban J connectivity index is 2.01. The van der Waals surface area contributed by atoms with Crippen molar-refractivity contribution < 1.29 is 0 Å². The van der Waals surface area contributed by atoms with Gasteiger partial charge in [0.1, 0.15) is 0 Å². The molecule has 1 N–H and O–H groups in total. The first kappa shape index (κ1) is 14.8. The highest BCUT2D eigenvalue weighted by atomic mass is 32.1. The van der Waals surface area contributed by atoms with Crippen LogP contribution in [-0.2, 0) is 6.54 Å². The summed E-state index contributed by atoms with van der Waals surface area (Å²) in [5.74, 6) is 0.753. The average molecular weight is 281 g/mol. The molecule has 1 aromatic heterocycles. The van der Waals surface area contributed by atoms with E-state index in [0.29, 0.717) is 0 Å². The van der Waals surface area contributed by atoms with E-state index < -0.39 is 0 Å². The second-order valence-corrected chi connectivity index (χ2v) is 6.59. The van der Waals surface area contributed by atoms with E-state index in [9.17, 15) is 0 Å². The number of hydrogen-bond donors (Lipinski definition) is 1. The zero-order valence-corrected chi connectivity index (χ0v) is 13.4. The predicted octanol–water partition coefficient (Wildman–Crippen LogP) is 3.76. The molecular weight excluding hydrogens is 254 g/mol. The Kier molecular flexibility index (Phi) is 5.64. The van der Waals surface area contributed by atoms with Gasteiger partial charge < -0.3 is 10.2 Å². The number of nitrogens with one attached hydrogen (secondary N) is 1. The fraction of sp³-hybridized carbons (Fsp3) is 0.800. The number of thiazole rings is 1. The van der Waals surface area contributed by atoms with Gasteiger partial charge in [-0.1, -0.05) is 20.3 Å². The smallest absolute Gasteiger partial charge is 0.185 e. The molecule has 0 aromatic carbocycles. The molecule has 0 spiro atoms. The Labute approximate surface area is 121 Å². The Morgan fingerprint density at radius 3 is 2.74 bits per heavy atom. The van der Waals surface area contributed by atoms with Crippen molar-refractivity contribution in [3.8, 4) is 0 Å². The number of nitrogens with zero attached hydrogens (tertiary/aromatic N) is 2. The monoisotopic (exact) mass is 281 g/mol. The maximum Gasteiger partial charge on any atom is 0.185 e. The van der Waals surface area contributed by atoms with Gasteiger partial charge in [-0.3, -0.25) is 0 Å². The fourth-order valence-corrected chi connectivity index (χ4v) is 3.29. The van der Waals surface area contributed by atoms with E-state index in [1.807, 2.05) is 11.3 Å². The van der Waals surface area contributed by atoms with Crippen LogP contribution < -0.4 is 10.2 Å². The lowest BCUT2D eigenvalue weighted by molar-refractivity contribution is 0.676. The summed E-state index contributed by atoms with van der Waals surface area (Å²) in [4.78, 5) is 8.70. The van der Waals surface area contributed by atoms with Crippen LogP contribution in [0.3, 0.4) is 0 Å². The summed E-state index contributed by atoms with van der Waals surface area (Å²) in [6.07, 6.45) is 6.36. The van der Waals surface area contributed by atoms with Gasteiger partial charge in [-0.05, 0) is 32.2 Å². The van der Waals surface area contributed by atoms with Gasteiger partial charge in [0.25, 0.3) is 0 Å². The highest BCUT2D eigenvalue weighted by molar-refractivity contribution is 7.15. The van der Waals surface area contributed by atoms with Crippen LogP contribution in [0.4, 0.5) is 5.13 Å². The summed E-state index contributed by atoms with van der Waals surface area (Å²) in [6.45, 7) is 7.68. The molecule has 1 aliphatic carbocycles. The molecule has 0 amide bonds. The first-order valence-electron chi connectivity index (χ1n) is 7.67. The van der Waals surface area contributed by atoms with Crippen molar-refractivity contribution in [2.24, 2.45) is 0 Å². The molecule has 19 heavy (non-hydrogen) atoms. The molecule has 0 bridgehead atoms. The van der Waals surface area contributed by atoms with E-state index in [1.54, 1.807) is 0 Å². The summed E-state index contributed by atoms with van der Waals surface area (Å²) >= 11 is 1.89. The van der Waals surface area contributed by atoms with Gasteiger partial charge in [-0.15, -0.1) is 11.3 Å². The van der Waals surface area contributed by atoms with Crippen LogP contribution >= 0.6 is 11.3 Å². The van der Waals surface area contributed by atoms with Crippen LogP contribution in [0.2, 0.25) is 0 Å². The van der Waals surface area contributed by atoms with Crippen molar-refractivity contribution in [2.75, 3.05) is 25.0 Å². The van der Waals surface area contributed by atoms with E-state index >= 15 is 0 Å². The Bertz CT molecular complexity index is 385. The molecule has 3 nitrogen and oxygen atoms in total. The second kappa shape index (κ2) is 7.25. The Hall–Kier alpha value is -0.610. The van der Waals surface area contributed by atoms with Gasteiger partial charge >= 0.3 is 0 Å². The lowest BCUT2D eigenvalue weighted by Crippen LogP contribution is -2.17. The van der Waals surface area contributed by atoms with E-state index in [1.165, 1.54) is 47.8 Å². The molecule has 2 rings (SSSR count). The van der Waals surface area contributed by atoms with Crippen molar-refractivity contribution in [2.45, 2.75) is 58.4 Å². The number of unbranched alkanes of at least 4 members (excludes halogenated alkanes) is 1. The van der Waals surface area contributed by atoms with Crippen molar-refractivity contribution >= 4 is 16.5 Å². The van der Waals surface area contributed by atoms with Gasteiger partial charge in [-0.2, -0.15) is 0 Å². The number of hydrogen-bond acceptors (Lipinski definition) is 4. The van der Waals surface area contributed by atoms with Crippen LogP contribution in [0.25, 0.3) is 0 Å². The van der Waals surface area contributed by atoms with Gasteiger partial charge in [0.15, 0.2) is 5.13 Å². The van der Waals surface area contributed by atoms with Crippen LogP contribution in [0.15, 0.2) is 0 Å². The molecule has 1 aliphatic rings. The third kappa shape index (κ3) is 4.18. The van der Waals surface area contributed by atoms with E-state index in [-0.39, 0.29) is 0 Å². The third-order valence-corrected chi connectivity index (χ3v) is 4.75. The summed E-state index contributed by atoms with van der Waals surface area (Å²) in [6, 6.07) is 0. The molecule has 1 aromatic rings. The van der Waals surface area contributed by atoms with Gasteiger partial charge in [0.05, 0.1) is 5.69 Å². The molecule has 0 saturated heterocycles. The molecule has 0 radical (unpaired) electrons. The molecule has 1 saturated carbocycles. The minimum absolute atomic E-state index is 0.753. The Morgan fingerprint density at radius 1 is 1.32 bits per heavy atom. The highest BCUT2D eigenvalue weighted by Crippen LogP contribution is 2.44. The van der Waals surface area contributed by atoms with Gasteiger partial charge in [0.2, 0.25) is 0 Å². The van der Waals surface area contributed by atoms with E-state index in [2.05, 4.69) is 31.1 Å². The molecule has 1 heterocycles. The van der Waals surface area contributed by atoms with E-state index in [0.717, 1.165) is 25.6 Å². The van der Waals surface area contributed by atoms with Crippen molar-refractivity contribution in [3.63, 3.8) is 0 Å². The third-order valence-electron chi connectivity index (χ3n) is 3.57. The minimum Gasteiger partial charge on any atom is -0.351 e. The van der Waals surface area contributed by atoms with Crippen molar-refractivity contribution in [3.05, 3.63) is 10.6 Å². The van der Waals surface area contributed by atoms with Crippen LogP contribution in [0.5, 0.6) is 0 Å². The molecular formula is C15H27N3S. The average Bonchev–Trinajstić information content (AvgIpc) is 3.17. The number of aromatic nitrogens is 1. The Morgan fingerprint density at radius 2 is 2.11 bits per heavy atom. The summed E-state index contributed by atoms with van der Waals surface area (Å²) < 4.78 is 0. The van der Waals surface area contributed by atoms with Crippen LogP contribution in [-0.4, -0.2) is 25.1 Å². The topological polar surface area (TPSA) is 28.2 Å². The second-order valence-electron chi connectivity index (χ2n) is 5.53. The van der Waals surface area contributed by atoms with Crippen LogP contribution in [0.1, 0.15) is 62.4 Å². The standard InChI is InChI=1S/C15H27N3S/c1-4-6-10-18(3)15-17-14(12-7-8-12)13(19-15)11-16-9-5-2/h12,16H,4-11H2,1-3H3. The lowest BCUT2D eigenvalue weighted by atomic mass is 10.2. The molecule has 4 heteroatoms. The SMILES string of the molecule is CCCCN(C)c1nc(C2CC2)c(CNCCC)s1. The fourth-order valence-electron chi connectivity index (χ4n) is 2.19. The van der Waals surface area contributed by atoms with Gasteiger partial charge in [-0.25, -0.2) is 4.98 Å². The highest BCUT2D eigenvalue weighted by Gasteiger charge is 2.29. The van der Waals surface area contributed by atoms with E-state index in [4.69, 9.17) is 4.98 Å². The molecule has 108 valence electrons. The lowest BCUT2D eigenvalue weighted by Gasteiger charge is -2.14. The molecule has 1 fully saturated rings. The first-order chi connectivity index (χ1) is 9.26. The zero-order chi connectivity index (χ0) is 13.7. The quantitative estimate of drug-likeness (QED) is 0.699. The number of anilines is 1. The first-order valence-corrected chi connectivity index (χ1v) is 8.49. The largest absolute Gasteiger partial charge is 0.351 e. The summed E-state index contributed by atoms with van der Waals surface area (Å²) in [7, 11) is 2.18. The van der Waals surface area contributed by atoms with Crippen molar-refractivity contribution in [1.82, 2.24) is 10.3 Å². The zero-order valence-electron chi connectivity index (χ0n) is 12.5. The molecule has 0 aliphatic heterocycles. The van der Waals surface area contributed by atoms with Crippen LogP contribution in [0, 0.1) is 0 Å². The summed E-state index contributed by atoms with van der Waals surface area (Å²) in [5.41, 5.74) is 1.38.